The van der Waals surface area contributed by atoms with Gasteiger partial charge >= 0.3 is 0 Å². The molecule has 0 aromatic heterocycles. The maximum atomic E-state index is 8.75. The summed E-state index contributed by atoms with van der Waals surface area (Å²) in [5, 5.41) is 12.1. The number of hydrogen-bond acceptors (Lipinski definition) is 2. The van der Waals surface area contributed by atoms with Gasteiger partial charge in [0.1, 0.15) is 0 Å². The molecule has 0 aliphatic carbocycles. The molecule has 1 aromatic carbocycles. The average molecular weight is 212 g/mol. The molecule has 0 heterocycles. The van der Waals surface area contributed by atoms with Crippen molar-refractivity contribution in [3.63, 3.8) is 0 Å². The van der Waals surface area contributed by atoms with Gasteiger partial charge in [-0.05, 0) is 37.1 Å². The number of nitrogens with zero attached hydrogens (tertiary/aromatic N) is 1. The van der Waals surface area contributed by atoms with Crippen molar-refractivity contribution < 1.29 is 0 Å². The first-order valence-corrected chi connectivity index (χ1v) is 5.34. The first-order valence-electron chi connectivity index (χ1n) is 5.34. The maximum Gasteiger partial charge on any atom is 0.0991 e. The van der Waals surface area contributed by atoms with E-state index in [1.165, 1.54) is 5.56 Å². The van der Waals surface area contributed by atoms with Crippen molar-refractivity contribution in [1.82, 2.24) is 5.32 Å². The molecule has 1 atom stereocenters. The predicted molar refractivity (Wildman–Crippen MR) is 65.6 cm³/mol. The summed E-state index contributed by atoms with van der Waals surface area (Å²) in [5.74, 6) is 2.63. The van der Waals surface area contributed by atoms with E-state index in [9.17, 15) is 0 Å². The highest BCUT2D eigenvalue weighted by Gasteiger charge is 2.02. The van der Waals surface area contributed by atoms with E-state index in [0.29, 0.717) is 11.6 Å². The molecule has 0 saturated heterocycles. The fourth-order valence-electron chi connectivity index (χ4n) is 1.50. The van der Waals surface area contributed by atoms with Crippen molar-refractivity contribution in [2.75, 3.05) is 0 Å². The number of rotatable bonds is 4. The van der Waals surface area contributed by atoms with Crippen LogP contribution < -0.4 is 5.32 Å². The molecule has 0 bridgehead atoms. The van der Waals surface area contributed by atoms with Gasteiger partial charge < -0.3 is 5.32 Å². The van der Waals surface area contributed by atoms with E-state index in [2.05, 4.69) is 24.2 Å². The standard InChI is InChI=1S/C14H16N2/c1-4-5-12(3)16-10-14-7-6-13(9-15)8-11(14)2/h1,6-8,12,16H,5,10H2,2-3H3. The van der Waals surface area contributed by atoms with Crippen LogP contribution in [-0.2, 0) is 6.54 Å². The monoisotopic (exact) mass is 212 g/mol. The fourth-order valence-corrected chi connectivity index (χ4v) is 1.50. The van der Waals surface area contributed by atoms with Crippen LogP contribution in [-0.4, -0.2) is 6.04 Å². The predicted octanol–water partition coefficient (Wildman–Crippen LogP) is 2.37. The second-order valence-corrected chi connectivity index (χ2v) is 3.94. The molecule has 1 unspecified atom stereocenters. The first kappa shape index (κ1) is 12.3. The third-order valence-corrected chi connectivity index (χ3v) is 2.54. The van der Waals surface area contributed by atoms with Gasteiger partial charge in [0.15, 0.2) is 0 Å². The van der Waals surface area contributed by atoms with Crippen molar-refractivity contribution in [3.05, 3.63) is 34.9 Å². The smallest absolute Gasteiger partial charge is 0.0991 e. The van der Waals surface area contributed by atoms with Gasteiger partial charge in [0, 0.05) is 19.0 Å². The summed E-state index contributed by atoms with van der Waals surface area (Å²) in [4.78, 5) is 0. The van der Waals surface area contributed by atoms with Crippen LogP contribution in [0.1, 0.15) is 30.0 Å². The van der Waals surface area contributed by atoms with Gasteiger partial charge in [-0.3, -0.25) is 0 Å². The minimum atomic E-state index is 0.319. The quantitative estimate of drug-likeness (QED) is 0.778. The molecule has 1 N–H and O–H groups in total. The van der Waals surface area contributed by atoms with Gasteiger partial charge in [0.05, 0.1) is 11.6 Å². The lowest BCUT2D eigenvalue weighted by atomic mass is 10.1. The number of hydrogen-bond donors (Lipinski definition) is 1. The summed E-state index contributed by atoms with van der Waals surface area (Å²) in [6.07, 6.45) is 5.97. The van der Waals surface area contributed by atoms with Crippen molar-refractivity contribution in [2.45, 2.75) is 32.9 Å². The maximum absolute atomic E-state index is 8.75. The van der Waals surface area contributed by atoms with Crippen LogP contribution in [0.3, 0.4) is 0 Å². The molecule has 0 spiro atoms. The second kappa shape index (κ2) is 5.95. The van der Waals surface area contributed by atoms with Gasteiger partial charge in [-0.15, -0.1) is 12.3 Å². The summed E-state index contributed by atoms with van der Waals surface area (Å²) in [5.41, 5.74) is 3.06. The topological polar surface area (TPSA) is 35.8 Å². The highest BCUT2D eigenvalue weighted by atomic mass is 14.9. The number of benzene rings is 1. The Morgan fingerprint density at radius 2 is 2.25 bits per heavy atom. The molecular formula is C14H16N2. The van der Waals surface area contributed by atoms with Crippen LogP contribution in [0.2, 0.25) is 0 Å². The molecule has 2 heteroatoms. The summed E-state index contributed by atoms with van der Waals surface area (Å²) in [6.45, 7) is 4.88. The Bertz CT molecular complexity index is 435. The SMILES string of the molecule is C#CCC(C)NCc1ccc(C#N)cc1C. The molecule has 0 aliphatic heterocycles. The Labute approximate surface area is 97.3 Å². The minimum Gasteiger partial charge on any atom is -0.309 e. The molecule has 82 valence electrons. The molecule has 16 heavy (non-hydrogen) atoms. The number of nitriles is 1. The zero-order valence-electron chi connectivity index (χ0n) is 9.75. The van der Waals surface area contributed by atoms with Gasteiger partial charge in [0.2, 0.25) is 0 Å². The summed E-state index contributed by atoms with van der Waals surface area (Å²) < 4.78 is 0. The average Bonchev–Trinajstić information content (AvgIpc) is 2.27. The van der Waals surface area contributed by atoms with Crippen LogP contribution >= 0.6 is 0 Å². The van der Waals surface area contributed by atoms with Crippen molar-refractivity contribution >= 4 is 0 Å². The molecule has 0 amide bonds. The number of nitrogens with one attached hydrogen (secondary N) is 1. The van der Waals surface area contributed by atoms with Crippen LogP contribution in [0.4, 0.5) is 0 Å². The van der Waals surface area contributed by atoms with Crippen LogP contribution in [0, 0.1) is 30.6 Å². The normalized spacial score (nSPS) is 11.5. The fraction of sp³-hybridized carbons (Fsp3) is 0.357. The lowest BCUT2D eigenvalue weighted by molar-refractivity contribution is 0.558. The zero-order chi connectivity index (χ0) is 12.0. The Morgan fingerprint density at radius 3 is 2.81 bits per heavy atom. The lowest BCUT2D eigenvalue weighted by Gasteiger charge is -2.12. The van der Waals surface area contributed by atoms with Gasteiger partial charge in [-0.1, -0.05) is 6.07 Å². The molecule has 1 rings (SSSR count). The molecule has 1 aromatic rings. The molecule has 0 fully saturated rings. The first-order chi connectivity index (χ1) is 7.67. The molecule has 0 saturated carbocycles. The largest absolute Gasteiger partial charge is 0.309 e. The van der Waals surface area contributed by atoms with E-state index >= 15 is 0 Å². The summed E-state index contributed by atoms with van der Waals surface area (Å²) in [6, 6.07) is 8.19. The van der Waals surface area contributed by atoms with E-state index in [1.54, 1.807) is 0 Å². The van der Waals surface area contributed by atoms with Crippen LogP contribution in [0.15, 0.2) is 18.2 Å². The Morgan fingerprint density at radius 1 is 1.50 bits per heavy atom. The number of terminal acetylenes is 1. The summed E-state index contributed by atoms with van der Waals surface area (Å²) in [7, 11) is 0. The van der Waals surface area contributed by atoms with Gasteiger partial charge in [0.25, 0.3) is 0 Å². The highest BCUT2D eigenvalue weighted by molar-refractivity contribution is 5.37. The molecule has 0 radical (unpaired) electrons. The third-order valence-electron chi connectivity index (χ3n) is 2.54. The van der Waals surface area contributed by atoms with Crippen molar-refractivity contribution in [2.24, 2.45) is 0 Å². The van der Waals surface area contributed by atoms with Crippen molar-refractivity contribution in [3.8, 4) is 18.4 Å². The second-order valence-electron chi connectivity index (χ2n) is 3.94. The van der Waals surface area contributed by atoms with E-state index < -0.39 is 0 Å². The van der Waals surface area contributed by atoms with Gasteiger partial charge in [-0.25, -0.2) is 0 Å². The van der Waals surface area contributed by atoms with Crippen LogP contribution in [0.5, 0.6) is 0 Å². The molecule has 0 aliphatic rings. The lowest BCUT2D eigenvalue weighted by Crippen LogP contribution is -2.25. The van der Waals surface area contributed by atoms with Crippen molar-refractivity contribution in [1.29, 1.82) is 5.26 Å². The Kier molecular flexibility index (Phi) is 4.58. The molecular weight excluding hydrogens is 196 g/mol. The Balaban J connectivity index is 2.62. The highest BCUT2D eigenvalue weighted by Crippen LogP contribution is 2.10. The summed E-state index contributed by atoms with van der Waals surface area (Å²) >= 11 is 0. The minimum absolute atomic E-state index is 0.319. The molecule has 2 nitrogen and oxygen atoms in total. The number of aryl methyl sites for hydroxylation is 1. The van der Waals surface area contributed by atoms with E-state index in [0.717, 1.165) is 18.5 Å². The van der Waals surface area contributed by atoms with E-state index in [-0.39, 0.29) is 0 Å². The van der Waals surface area contributed by atoms with E-state index in [4.69, 9.17) is 11.7 Å². The van der Waals surface area contributed by atoms with Gasteiger partial charge in [-0.2, -0.15) is 5.26 Å². The zero-order valence-corrected chi connectivity index (χ0v) is 9.75. The van der Waals surface area contributed by atoms with E-state index in [1.807, 2.05) is 25.1 Å². The third kappa shape index (κ3) is 3.42. The van der Waals surface area contributed by atoms with Crippen LogP contribution in [0.25, 0.3) is 0 Å². The Hall–Kier alpha value is -1.77.